The minimum absolute atomic E-state index is 0.250. The molecule has 1 aliphatic heterocycles. The number of nitrogens with one attached hydrogen (secondary N) is 1. The summed E-state index contributed by atoms with van der Waals surface area (Å²) in [5.74, 6) is -0.622. The molecule has 1 atom stereocenters. The van der Waals surface area contributed by atoms with Gasteiger partial charge in [-0.15, -0.1) is 0 Å². The predicted molar refractivity (Wildman–Crippen MR) is 136 cm³/mol. The van der Waals surface area contributed by atoms with Crippen molar-refractivity contribution in [1.82, 2.24) is 20.2 Å². The number of furan rings is 1. The van der Waals surface area contributed by atoms with Crippen LogP contribution in [-0.2, 0) is 24.1 Å². The molecule has 4 aromatic rings. The zero-order valence-electron chi connectivity index (χ0n) is 20.3. The lowest BCUT2D eigenvalue weighted by atomic mass is 9.92. The van der Waals surface area contributed by atoms with Gasteiger partial charge in [0.1, 0.15) is 11.9 Å². The molecule has 8 heteroatoms. The summed E-state index contributed by atoms with van der Waals surface area (Å²) >= 11 is 0. The van der Waals surface area contributed by atoms with E-state index in [9.17, 15) is 14.0 Å². The lowest BCUT2D eigenvalue weighted by Crippen LogP contribution is -2.51. The fourth-order valence-electron chi connectivity index (χ4n) is 5.44. The molecule has 0 saturated heterocycles. The average molecular weight is 497 g/mol. The van der Waals surface area contributed by atoms with Crippen LogP contribution in [0.25, 0.3) is 16.6 Å². The number of benzene rings is 2. The smallest absolute Gasteiger partial charge is 0.290 e. The molecule has 3 heterocycles. The van der Waals surface area contributed by atoms with Crippen LogP contribution in [0.4, 0.5) is 4.39 Å². The topological polar surface area (TPSA) is 88.3 Å². The summed E-state index contributed by atoms with van der Waals surface area (Å²) in [6, 6.07) is 11.8. The van der Waals surface area contributed by atoms with Gasteiger partial charge in [0.15, 0.2) is 5.76 Å². The van der Waals surface area contributed by atoms with Gasteiger partial charge in [0.25, 0.3) is 5.91 Å². The van der Waals surface area contributed by atoms with Gasteiger partial charge in [-0.3, -0.25) is 19.6 Å². The van der Waals surface area contributed by atoms with Crippen LogP contribution in [-0.4, -0.2) is 46.3 Å². The Morgan fingerprint density at radius 3 is 2.76 bits per heavy atom. The Hall–Kier alpha value is -4.33. The fraction of sp³-hybridized carbons (Fsp3) is 0.241. The zero-order chi connectivity index (χ0) is 25.5. The average Bonchev–Trinajstić information content (AvgIpc) is 3.54. The van der Waals surface area contributed by atoms with Gasteiger partial charge >= 0.3 is 0 Å². The summed E-state index contributed by atoms with van der Waals surface area (Å²) in [7, 11) is 1.56. The first-order valence-corrected chi connectivity index (χ1v) is 12.3. The van der Waals surface area contributed by atoms with Gasteiger partial charge < -0.3 is 14.6 Å². The summed E-state index contributed by atoms with van der Waals surface area (Å²) in [6.45, 7) is 0.298. The van der Waals surface area contributed by atoms with Crippen molar-refractivity contribution in [3.63, 3.8) is 0 Å². The SMILES string of the molecule is CNC(=O)[C@H]1CC2=C(Cc3ccc(F)cc32)CN1C(=O)c1occc1CCc1ccc2nccnc2c1. The minimum atomic E-state index is -0.706. The van der Waals surface area contributed by atoms with E-state index < -0.39 is 6.04 Å². The van der Waals surface area contributed by atoms with Crippen molar-refractivity contribution >= 4 is 28.4 Å². The van der Waals surface area contributed by atoms with Crippen molar-refractivity contribution < 1.29 is 18.4 Å². The molecule has 6 rings (SSSR count). The van der Waals surface area contributed by atoms with Gasteiger partial charge in [0, 0.05) is 38.0 Å². The monoisotopic (exact) mass is 496 g/mol. The Labute approximate surface area is 213 Å². The van der Waals surface area contributed by atoms with E-state index >= 15 is 0 Å². The van der Waals surface area contributed by atoms with Crippen molar-refractivity contribution in [2.75, 3.05) is 13.6 Å². The van der Waals surface area contributed by atoms with Gasteiger partial charge in [0.2, 0.25) is 5.91 Å². The molecule has 37 heavy (non-hydrogen) atoms. The van der Waals surface area contributed by atoms with Crippen molar-refractivity contribution in [3.8, 4) is 0 Å². The third kappa shape index (κ3) is 4.18. The molecule has 1 N–H and O–H groups in total. The first-order valence-electron chi connectivity index (χ1n) is 12.3. The number of nitrogens with zero attached hydrogens (tertiary/aromatic N) is 3. The Kier molecular flexibility index (Phi) is 5.79. The number of carbonyl (C=O) groups is 2. The molecule has 2 aromatic heterocycles. The molecule has 0 fully saturated rings. The van der Waals surface area contributed by atoms with Crippen LogP contribution in [0.1, 0.15) is 39.2 Å². The molecule has 0 spiro atoms. The molecule has 0 bridgehead atoms. The maximum atomic E-state index is 14.0. The van der Waals surface area contributed by atoms with Gasteiger partial charge in [-0.1, -0.05) is 12.1 Å². The molecule has 0 unspecified atom stereocenters. The maximum absolute atomic E-state index is 14.0. The number of fused-ring (bicyclic) bond motifs is 3. The number of halogens is 1. The van der Waals surface area contributed by atoms with E-state index in [-0.39, 0.29) is 23.4 Å². The standard InChI is InChI=1S/C29H25FN4O3/c1-31-28(35)26-15-23-20(13-19-5-6-21(30)14-22(19)23)16-34(26)29(36)27-18(8-11-37-27)4-2-17-3-7-24-25(12-17)33-10-9-32-24/h3,5-12,14,26H,2,4,13,15-16H2,1H3,(H,31,35)/t26-/m1/s1. The molecule has 2 amide bonds. The molecule has 0 saturated carbocycles. The summed E-state index contributed by atoms with van der Waals surface area (Å²) in [5, 5.41) is 2.68. The first-order chi connectivity index (χ1) is 18.0. The van der Waals surface area contributed by atoms with E-state index in [1.807, 2.05) is 24.3 Å². The number of rotatable bonds is 5. The third-order valence-electron chi connectivity index (χ3n) is 7.33. The summed E-state index contributed by atoms with van der Waals surface area (Å²) in [4.78, 5) is 36.9. The second-order valence-electron chi connectivity index (χ2n) is 9.48. The van der Waals surface area contributed by atoms with Crippen molar-refractivity contribution in [2.24, 2.45) is 0 Å². The highest BCUT2D eigenvalue weighted by molar-refractivity contribution is 5.99. The number of likely N-dealkylation sites (N-methyl/N-ethyl adjacent to an activating group) is 1. The molecule has 2 aliphatic rings. The van der Waals surface area contributed by atoms with Crippen LogP contribution in [0.3, 0.4) is 0 Å². The lowest BCUT2D eigenvalue weighted by molar-refractivity contribution is -0.125. The highest BCUT2D eigenvalue weighted by Crippen LogP contribution is 2.41. The summed E-state index contributed by atoms with van der Waals surface area (Å²) in [6.07, 6.45) is 7.13. The molecular formula is C29H25FN4O3. The van der Waals surface area contributed by atoms with Gasteiger partial charge in [0.05, 0.1) is 17.3 Å². The lowest BCUT2D eigenvalue weighted by Gasteiger charge is -2.35. The number of carbonyl (C=O) groups excluding carboxylic acids is 2. The van der Waals surface area contributed by atoms with Gasteiger partial charge in [-0.05, 0) is 77.4 Å². The van der Waals surface area contributed by atoms with Crippen molar-refractivity contribution in [2.45, 2.75) is 31.7 Å². The second-order valence-corrected chi connectivity index (χ2v) is 9.48. The fourth-order valence-corrected chi connectivity index (χ4v) is 5.44. The Bertz CT molecular complexity index is 1570. The van der Waals surface area contributed by atoms with Crippen molar-refractivity contribution in [1.29, 1.82) is 0 Å². The largest absolute Gasteiger partial charge is 0.459 e. The number of hydrogen-bond donors (Lipinski definition) is 1. The summed E-state index contributed by atoms with van der Waals surface area (Å²) in [5.41, 5.74) is 7.40. The molecule has 7 nitrogen and oxygen atoms in total. The Balaban J connectivity index is 1.25. The highest BCUT2D eigenvalue weighted by Gasteiger charge is 2.40. The van der Waals surface area contributed by atoms with Crippen LogP contribution in [0, 0.1) is 5.82 Å². The second kappa shape index (κ2) is 9.28. The molecular weight excluding hydrogens is 471 g/mol. The van der Waals surface area contributed by atoms with E-state index in [1.54, 1.807) is 30.4 Å². The highest BCUT2D eigenvalue weighted by atomic mass is 19.1. The molecule has 186 valence electrons. The van der Waals surface area contributed by atoms with Crippen LogP contribution in [0.5, 0.6) is 0 Å². The molecule has 2 aromatic carbocycles. The molecule has 1 aliphatic carbocycles. The first kappa shape index (κ1) is 23.1. The summed E-state index contributed by atoms with van der Waals surface area (Å²) < 4.78 is 19.6. The molecule has 0 radical (unpaired) electrons. The van der Waals surface area contributed by atoms with Crippen LogP contribution in [0.2, 0.25) is 0 Å². The normalized spacial score (nSPS) is 16.6. The van der Waals surface area contributed by atoms with E-state index in [0.717, 1.165) is 44.4 Å². The minimum Gasteiger partial charge on any atom is -0.459 e. The zero-order valence-corrected chi connectivity index (χ0v) is 20.3. The van der Waals surface area contributed by atoms with Gasteiger partial charge in [-0.25, -0.2) is 4.39 Å². The van der Waals surface area contributed by atoms with Crippen LogP contribution < -0.4 is 5.32 Å². The number of hydrogen-bond acceptors (Lipinski definition) is 5. The van der Waals surface area contributed by atoms with E-state index in [2.05, 4.69) is 15.3 Å². The predicted octanol–water partition coefficient (Wildman–Crippen LogP) is 4.12. The van der Waals surface area contributed by atoms with E-state index in [1.165, 1.54) is 18.4 Å². The van der Waals surface area contributed by atoms with Crippen LogP contribution in [0.15, 0.2) is 71.1 Å². The quantitative estimate of drug-likeness (QED) is 0.449. The Morgan fingerprint density at radius 2 is 1.92 bits per heavy atom. The van der Waals surface area contributed by atoms with E-state index in [0.29, 0.717) is 32.2 Å². The number of aryl methyl sites for hydroxylation is 2. The van der Waals surface area contributed by atoms with E-state index in [4.69, 9.17) is 4.42 Å². The maximum Gasteiger partial charge on any atom is 0.290 e. The number of aromatic nitrogens is 2. The third-order valence-corrected chi connectivity index (χ3v) is 7.33. The Morgan fingerprint density at radius 1 is 1.08 bits per heavy atom. The number of amides is 2. The van der Waals surface area contributed by atoms with Crippen molar-refractivity contribution in [3.05, 3.63) is 101 Å². The van der Waals surface area contributed by atoms with Crippen LogP contribution >= 0.6 is 0 Å². The van der Waals surface area contributed by atoms with Gasteiger partial charge in [-0.2, -0.15) is 0 Å².